The lowest BCUT2D eigenvalue weighted by atomic mass is 9.99. The topological polar surface area (TPSA) is 77.3 Å². The minimum atomic E-state index is -0.454. The van der Waals surface area contributed by atoms with Gasteiger partial charge >= 0.3 is 0 Å². The average molecular weight is 428 g/mol. The van der Waals surface area contributed by atoms with Gasteiger partial charge in [0.25, 0.3) is 0 Å². The molecule has 0 atom stereocenters. The average Bonchev–Trinajstić information content (AvgIpc) is 2.80. The second kappa shape index (κ2) is 12.4. The highest BCUT2D eigenvalue weighted by Gasteiger charge is 2.18. The Bertz CT molecular complexity index is 805. The van der Waals surface area contributed by atoms with Crippen LogP contribution in [0.15, 0.2) is 48.5 Å². The molecule has 0 radical (unpaired) electrons. The van der Waals surface area contributed by atoms with Gasteiger partial charge < -0.3 is 19.9 Å². The molecule has 1 saturated heterocycles. The summed E-state index contributed by atoms with van der Waals surface area (Å²) in [5.74, 6) is 0.420. The first-order valence-electron chi connectivity index (χ1n) is 10.8. The highest BCUT2D eigenvalue weighted by molar-refractivity contribution is 5.75. The fourth-order valence-corrected chi connectivity index (χ4v) is 3.71. The van der Waals surface area contributed by atoms with Gasteiger partial charge in [-0.15, -0.1) is 0 Å². The van der Waals surface area contributed by atoms with Crippen LogP contribution in [-0.2, 0) is 20.8 Å². The molecule has 3 rings (SSSR count). The second-order valence-corrected chi connectivity index (χ2v) is 7.63. The van der Waals surface area contributed by atoms with Gasteiger partial charge in [0.05, 0.1) is 26.9 Å². The molecule has 1 fully saturated rings. The van der Waals surface area contributed by atoms with Crippen LogP contribution < -0.4 is 10.5 Å². The van der Waals surface area contributed by atoms with E-state index in [0.717, 1.165) is 45.0 Å². The normalized spacial score (nSPS) is 15.1. The molecule has 1 aliphatic heterocycles. The van der Waals surface area contributed by atoms with Gasteiger partial charge in [-0.1, -0.05) is 36.4 Å². The van der Waals surface area contributed by atoms with Gasteiger partial charge in [-0.3, -0.25) is 14.6 Å². The summed E-state index contributed by atoms with van der Waals surface area (Å²) in [4.78, 5) is 15.5. The van der Waals surface area contributed by atoms with Crippen LogP contribution in [-0.4, -0.2) is 82.0 Å². The third-order valence-corrected chi connectivity index (χ3v) is 5.45. The van der Waals surface area contributed by atoms with E-state index in [4.69, 9.17) is 19.9 Å². The number of piperazine rings is 1. The van der Waals surface area contributed by atoms with Crippen molar-refractivity contribution in [2.75, 3.05) is 66.3 Å². The maximum Gasteiger partial charge on any atom is 0.243 e. The molecule has 7 nitrogen and oxygen atoms in total. The van der Waals surface area contributed by atoms with E-state index in [9.17, 15) is 4.79 Å². The molecule has 1 heterocycles. The molecule has 31 heavy (non-hydrogen) atoms. The number of carbonyl (C=O) groups is 1. The number of rotatable bonds is 12. The number of hydrogen-bond donors (Lipinski definition) is 1. The molecule has 0 spiro atoms. The van der Waals surface area contributed by atoms with Crippen LogP contribution >= 0.6 is 0 Å². The molecule has 2 aromatic carbocycles. The minimum Gasteiger partial charge on any atom is -0.497 e. The summed E-state index contributed by atoms with van der Waals surface area (Å²) in [7, 11) is 1.69. The summed E-state index contributed by atoms with van der Waals surface area (Å²) in [6, 6.07) is 16.9. The highest BCUT2D eigenvalue weighted by Crippen LogP contribution is 2.27. The first-order chi connectivity index (χ1) is 15.2. The molecule has 0 aliphatic carbocycles. The molecule has 0 bridgehead atoms. The third kappa shape index (κ3) is 7.63. The molecule has 1 amide bonds. The van der Waals surface area contributed by atoms with Crippen molar-refractivity contribution in [1.82, 2.24) is 9.80 Å². The van der Waals surface area contributed by atoms with Crippen molar-refractivity contribution in [1.29, 1.82) is 0 Å². The minimum absolute atomic E-state index is 0.0487. The molecule has 1 aliphatic rings. The molecule has 0 unspecified atom stereocenters. The molecule has 2 N–H and O–H groups in total. The number of carbonyl (C=O) groups excluding carboxylic acids is 1. The van der Waals surface area contributed by atoms with Gasteiger partial charge in [0, 0.05) is 39.3 Å². The summed E-state index contributed by atoms with van der Waals surface area (Å²) in [6.07, 6.45) is 0. The third-order valence-electron chi connectivity index (χ3n) is 5.45. The van der Waals surface area contributed by atoms with E-state index in [0.29, 0.717) is 19.8 Å². The lowest BCUT2D eigenvalue weighted by Crippen LogP contribution is -2.46. The Morgan fingerprint density at radius 2 is 1.58 bits per heavy atom. The lowest BCUT2D eigenvalue weighted by molar-refractivity contribution is -0.123. The maximum atomic E-state index is 10.6. The number of benzene rings is 2. The number of methoxy groups -OCH3 is 1. The maximum absolute atomic E-state index is 10.6. The monoisotopic (exact) mass is 427 g/mol. The van der Waals surface area contributed by atoms with Gasteiger partial charge in [-0.2, -0.15) is 0 Å². The van der Waals surface area contributed by atoms with E-state index < -0.39 is 5.91 Å². The molecule has 0 saturated carbocycles. The van der Waals surface area contributed by atoms with Gasteiger partial charge in [-0.05, 0) is 28.8 Å². The summed E-state index contributed by atoms with van der Waals surface area (Å²) in [5, 5.41) is 0. The number of amides is 1. The second-order valence-electron chi connectivity index (χ2n) is 7.63. The predicted molar refractivity (Wildman–Crippen MR) is 121 cm³/mol. The van der Waals surface area contributed by atoms with E-state index in [1.165, 1.54) is 16.7 Å². The van der Waals surface area contributed by atoms with Crippen LogP contribution in [0.2, 0.25) is 0 Å². The van der Waals surface area contributed by atoms with Gasteiger partial charge in [0.1, 0.15) is 12.4 Å². The van der Waals surface area contributed by atoms with Crippen LogP contribution in [0, 0.1) is 0 Å². The van der Waals surface area contributed by atoms with E-state index in [-0.39, 0.29) is 6.61 Å². The molecule has 2 aromatic rings. The van der Waals surface area contributed by atoms with Crippen LogP contribution in [0.1, 0.15) is 5.56 Å². The number of hydrogen-bond acceptors (Lipinski definition) is 6. The SMILES string of the molecule is COc1ccc(-c2ccccc2CN2CCN(CCOCCOCC(N)=O)CC2)cc1. The van der Waals surface area contributed by atoms with Crippen molar-refractivity contribution in [2.24, 2.45) is 5.73 Å². The van der Waals surface area contributed by atoms with Crippen molar-refractivity contribution < 1.29 is 19.0 Å². The van der Waals surface area contributed by atoms with E-state index in [1.807, 2.05) is 12.1 Å². The smallest absolute Gasteiger partial charge is 0.243 e. The Balaban J connectivity index is 1.40. The Hall–Kier alpha value is -2.45. The van der Waals surface area contributed by atoms with Gasteiger partial charge in [0.15, 0.2) is 0 Å². The Morgan fingerprint density at radius 3 is 2.29 bits per heavy atom. The van der Waals surface area contributed by atoms with Crippen LogP contribution in [0.5, 0.6) is 5.75 Å². The fraction of sp³-hybridized carbons (Fsp3) is 0.458. The summed E-state index contributed by atoms with van der Waals surface area (Å²) < 4.78 is 15.9. The first kappa shape index (κ1) is 23.2. The number of ether oxygens (including phenoxy) is 3. The fourth-order valence-electron chi connectivity index (χ4n) is 3.71. The molecule has 0 aromatic heterocycles. The largest absolute Gasteiger partial charge is 0.497 e. The van der Waals surface area contributed by atoms with Gasteiger partial charge in [-0.25, -0.2) is 0 Å². The van der Waals surface area contributed by atoms with E-state index in [1.54, 1.807) is 7.11 Å². The summed E-state index contributed by atoms with van der Waals surface area (Å²) in [5.41, 5.74) is 8.86. The zero-order valence-electron chi connectivity index (χ0n) is 18.3. The molecular formula is C24H33N3O4. The van der Waals surface area contributed by atoms with E-state index >= 15 is 0 Å². The van der Waals surface area contributed by atoms with Crippen LogP contribution in [0.25, 0.3) is 11.1 Å². The Labute approximate surface area is 184 Å². The molecule has 168 valence electrons. The predicted octanol–water partition coefficient (Wildman–Crippen LogP) is 2.00. The lowest BCUT2D eigenvalue weighted by Gasteiger charge is -2.35. The number of nitrogens with two attached hydrogens (primary N) is 1. The van der Waals surface area contributed by atoms with Crippen LogP contribution in [0.4, 0.5) is 0 Å². The zero-order chi connectivity index (χ0) is 21.9. The summed E-state index contributed by atoms with van der Waals surface area (Å²) >= 11 is 0. The quantitative estimate of drug-likeness (QED) is 0.522. The first-order valence-corrected chi connectivity index (χ1v) is 10.8. The van der Waals surface area contributed by atoms with Crippen molar-refractivity contribution in [3.05, 3.63) is 54.1 Å². The van der Waals surface area contributed by atoms with Crippen LogP contribution in [0.3, 0.4) is 0 Å². The number of primary amides is 1. The zero-order valence-corrected chi connectivity index (χ0v) is 18.3. The van der Waals surface area contributed by atoms with Crippen molar-refractivity contribution in [3.8, 4) is 16.9 Å². The Morgan fingerprint density at radius 1 is 0.903 bits per heavy atom. The molecule has 7 heteroatoms. The standard InChI is InChI=1S/C24H33N3O4/c1-29-22-8-6-20(7-9-22)23-5-3-2-4-21(23)18-27-12-10-26(11-13-27)14-15-30-16-17-31-19-24(25)28/h2-9H,10-19H2,1H3,(H2,25,28). The Kier molecular flexibility index (Phi) is 9.30. The van der Waals surface area contributed by atoms with Gasteiger partial charge in [0.2, 0.25) is 5.91 Å². The van der Waals surface area contributed by atoms with Crippen molar-refractivity contribution >= 4 is 5.91 Å². The number of nitrogens with zero attached hydrogens (tertiary/aromatic N) is 2. The molecular weight excluding hydrogens is 394 g/mol. The van der Waals surface area contributed by atoms with Crippen molar-refractivity contribution in [2.45, 2.75) is 6.54 Å². The summed E-state index contributed by atoms with van der Waals surface area (Å²) in [6.45, 7) is 7.50. The van der Waals surface area contributed by atoms with Crippen molar-refractivity contribution in [3.63, 3.8) is 0 Å². The van der Waals surface area contributed by atoms with E-state index in [2.05, 4.69) is 46.2 Å². The highest BCUT2D eigenvalue weighted by atomic mass is 16.5.